The van der Waals surface area contributed by atoms with Crippen LogP contribution in [0.4, 0.5) is 0 Å². The number of hydrogen-bond acceptors (Lipinski definition) is 3. The van der Waals surface area contributed by atoms with E-state index in [1.807, 2.05) is 0 Å². The fraction of sp³-hybridized carbons (Fsp3) is 1.00. The smallest absolute Gasteiger partial charge is 0.0685 e. The summed E-state index contributed by atoms with van der Waals surface area (Å²) in [6.45, 7) is 8.12. The highest BCUT2D eigenvalue weighted by molar-refractivity contribution is 5.01. The van der Waals surface area contributed by atoms with Crippen molar-refractivity contribution in [1.29, 1.82) is 0 Å². The van der Waals surface area contributed by atoms with Crippen LogP contribution in [0.2, 0.25) is 0 Å². The van der Waals surface area contributed by atoms with Gasteiger partial charge in [0, 0.05) is 18.2 Å². The first kappa shape index (κ1) is 15.8. The van der Waals surface area contributed by atoms with E-state index in [9.17, 15) is 0 Å². The Hall–Kier alpha value is -0.120. The molecule has 0 aromatic rings. The summed E-state index contributed by atoms with van der Waals surface area (Å²) in [7, 11) is 0. The molecule has 3 fully saturated rings. The van der Waals surface area contributed by atoms with Gasteiger partial charge in [-0.3, -0.25) is 4.90 Å². The lowest BCUT2D eigenvalue weighted by atomic mass is 9.71. The van der Waals surface area contributed by atoms with Crippen LogP contribution in [0.1, 0.15) is 71.6 Å². The molecule has 0 aromatic heterocycles. The van der Waals surface area contributed by atoms with Crippen molar-refractivity contribution in [2.45, 2.75) is 88.8 Å². The molecule has 3 heteroatoms. The summed E-state index contributed by atoms with van der Waals surface area (Å²) in [5, 5.41) is 0. The minimum atomic E-state index is 0.133. The van der Waals surface area contributed by atoms with Crippen LogP contribution < -0.4 is 5.73 Å². The highest BCUT2D eigenvalue weighted by atomic mass is 16.5. The maximum atomic E-state index is 6.80. The van der Waals surface area contributed by atoms with Crippen molar-refractivity contribution >= 4 is 0 Å². The van der Waals surface area contributed by atoms with E-state index >= 15 is 0 Å². The van der Waals surface area contributed by atoms with Crippen LogP contribution in [0.15, 0.2) is 0 Å². The van der Waals surface area contributed by atoms with Gasteiger partial charge in [-0.15, -0.1) is 0 Å². The van der Waals surface area contributed by atoms with Crippen LogP contribution in [-0.2, 0) is 4.74 Å². The van der Waals surface area contributed by atoms with E-state index < -0.39 is 0 Å². The van der Waals surface area contributed by atoms with E-state index in [-0.39, 0.29) is 17.2 Å². The largest absolute Gasteiger partial charge is 0.375 e. The Morgan fingerprint density at radius 2 is 1.76 bits per heavy atom. The van der Waals surface area contributed by atoms with Crippen molar-refractivity contribution in [3.8, 4) is 0 Å². The molecule has 122 valence electrons. The first-order valence-corrected chi connectivity index (χ1v) is 9.18. The van der Waals surface area contributed by atoms with Crippen molar-refractivity contribution in [2.75, 3.05) is 19.7 Å². The van der Waals surface area contributed by atoms with Gasteiger partial charge in [0.1, 0.15) is 0 Å². The summed E-state index contributed by atoms with van der Waals surface area (Å²) in [6, 6.07) is 0.276. The topological polar surface area (TPSA) is 38.5 Å². The normalized spacial score (nSPS) is 32.4. The van der Waals surface area contributed by atoms with Crippen LogP contribution in [0.3, 0.4) is 0 Å². The number of nitrogens with two attached hydrogens (primary N) is 1. The molecule has 2 heterocycles. The van der Waals surface area contributed by atoms with E-state index in [2.05, 4.69) is 18.7 Å². The molecule has 3 nitrogen and oxygen atoms in total. The lowest BCUT2D eigenvalue weighted by Gasteiger charge is -2.49. The Balaban J connectivity index is 1.67. The number of nitrogens with zero attached hydrogens (tertiary/aromatic N) is 1. The van der Waals surface area contributed by atoms with Gasteiger partial charge in [-0.1, -0.05) is 19.3 Å². The first-order chi connectivity index (χ1) is 10.0. The lowest BCUT2D eigenvalue weighted by Crippen LogP contribution is -2.60. The van der Waals surface area contributed by atoms with E-state index in [0.717, 1.165) is 13.0 Å². The molecule has 21 heavy (non-hydrogen) atoms. The van der Waals surface area contributed by atoms with Gasteiger partial charge in [0.15, 0.2) is 0 Å². The minimum Gasteiger partial charge on any atom is -0.375 e. The quantitative estimate of drug-likeness (QED) is 0.868. The van der Waals surface area contributed by atoms with Crippen molar-refractivity contribution in [2.24, 2.45) is 11.7 Å². The van der Waals surface area contributed by atoms with Crippen molar-refractivity contribution in [3.05, 3.63) is 0 Å². The van der Waals surface area contributed by atoms with Gasteiger partial charge >= 0.3 is 0 Å². The van der Waals surface area contributed by atoms with E-state index in [4.69, 9.17) is 10.5 Å². The Bertz CT molecular complexity index is 338. The Morgan fingerprint density at radius 1 is 1.10 bits per heavy atom. The van der Waals surface area contributed by atoms with Crippen molar-refractivity contribution in [3.63, 3.8) is 0 Å². The second-order valence-corrected chi connectivity index (χ2v) is 8.22. The maximum absolute atomic E-state index is 6.80. The standard InChI is InChI=1S/C18H34N2O/c1-17(2,20-11-6-7-12-20)16(19)15-8-13-21-18(14-15)9-4-3-5-10-18/h15-16H,3-14,19H2,1-2H3. The SMILES string of the molecule is CC(C)(C(N)C1CCOC2(CCCCC2)C1)N1CCCC1. The Labute approximate surface area is 130 Å². The number of hydrogen-bond donors (Lipinski definition) is 1. The van der Waals surface area contributed by atoms with Gasteiger partial charge in [0.05, 0.1) is 5.60 Å². The van der Waals surface area contributed by atoms with Crippen LogP contribution >= 0.6 is 0 Å². The molecule has 0 radical (unpaired) electrons. The van der Waals surface area contributed by atoms with Crippen LogP contribution in [0, 0.1) is 5.92 Å². The fourth-order valence-electron chi connectivity index (χ4n) is 5.00. The summed E-state index contributed by atoms with van der Waals surface area (Å²) >= 11 is 0. The molecule has 1 spiro atoms. The molecular formula is C18H34N2O. The third-order valence-electron chi connectivity index (χ3n) is 6.54. The highest BCUT2D eigenvalue weighted by Crippen LogP contribution is 2.43. The molecule has 2 atom stereocenters. The Kier molecular flexibility index (Phi) is 4.63. The zero-order chi connectivity index (χ0) is 14.9. The van der Waals surface area contributed by atoms with Gasteiger partial charge in [-0.2, -0.15) is 0 Å². The fourth-order valence-corrected chi connectivity index (χ4v) is 5.00. The molecule has 1 aliphatic carbocycles. The zero-order valence-corrected chi connectivity index (χ0v) is 14.1. The van der Waals surface area contributed by atoms with Crippen LogP contribution in [0.5, 0.6) is 0 Å². The first-order valence-electron chi connectivity index (χ1n) is 9.18. The zero-order valence-electron chi connectivity index (χ0n) is 14.1. The number of rotatable bonds is 3. The molecule has 2 saturated heterocycles. The molecule has 2 N–H and O–H groups in total. The molecule has 3 aliphatic rings. The van der Waals surface area contributed by atoms with Gasteiger partial charge in [-0.25, -0.2) is 0 Å². The second-order valence-electron chi connectivity index (χ2n) is 8.22. The lowest BCUT2D eigenvalue weighted by molar-refractivity contribution is -0.126. The van der Waals surface area contributed by atoms with Gasteiger partial charge < -0.3 is 10.5 Å². The summed E-state index contributed by atoms with van der Waals surface area (Å²) < 4.78 is 6.26. The number of ether oxygens (including phenoxy) is 1. The average Bonchev–Trinajstić information content (AvgIpc) is 3.02. The molecule has 2 aliphatic heterocycles. The third kappa shape index (κ3) is 3.16. The molecule has 0 bridgehead atoms. The van der Waals surface area contributed by atoms with Gasteiger partial charge in [-0.05, 0) is 71.4 Å². The van der Waals surface area contributed by atoms with E-state index in [1.54, 1.807) is 0 Å². The van der Waals surface area contributed by atoms with E-state index in [1.165, 1.54) is 64.5 Å². The average molecular weight is 294 g/mol. The van der Waals surface area contributed by atoms with Gasteiger partial charge in [0.25, 0.3) is 0 Å². The van der Waals surface area contributed by atoms with Crippen LogP contribution in [-0.4, -0.2) is 41.8 Å². The third-order valence-corrected chi connectivity index (χ3v) is 6.54. The number of likely N-dealkylation sites (tertiary alicyclic amines) is 1. The second kappa shape index (κ2) is 6.17. The molecule has 1 saturated carbocycles. The van der Waals surface area contributed by atoms with Crippen molar-refractivity contribution in [1.82, 2.24) is 4.90 Å². The molecular weight excluding hydrogens is 260 g/mol. The monoisotopic (exact) mass is 294 g/mol. The summed E-state index contributed by atoms with van der Waals surface area (Å²) in [4.78, 5) is 2.63. The molecule has 2 unspecified atom stereocenters. The highest BCUT2D eigenvalue weighted by Gasteiger charge is 2.45. The maximum Gasteiger partial charge on any atom is 0.0685 e. The Morgan fingerprint density at radius 3 is 2.43 bits per heavy atom. The van der Waals surface area contributed by atoms with Crippen molar-refractivity contribution < 1.29 is 4.74 Å². The van der Waals surface area contributed by atoms with Gasteiger partial charge in [0.2, 0.25) is 0 Å². The summed E-state index contributed by atoms with van der Waals surface area (Å²) in [5.41, 5.74) is 7.11. The molecule has 3 rings (SSSR count). The molecule has 0 amide bonds. The summed E-state index contributed by atoms with van der Waals surface area (Å²) in [5.74, 6) is 0.632. The predicted molar refractivity (Wildman–Crippen MR) is 87.4 cm³/mol. The molecule has 0 aromatic carbocycles. The van der Waals surface area contributed by atoms with E-state index in [0.29, 0.717) is 5.92 Å². The minimum absolute atomic E-state index is 0.133. The van der Waals surface area contributed by atoms with Crippen LogP contribution in [0.25, 0.3) is 0 Å². The predicted octanol–water partition coefficient (Wildman–Crippen LogP) is 3.32. The summed E-state index contributed by atoms with van der Waals surface area (Å²) in [6.07, 6.45) is 11.6.